The minimum atomic E-state index is -0.210. The van der Waals surface area contributed by atoms with Crippen LogP contribution in [0.3, 0.4) is 0 Å². The van der Waals surface area contributed by atoms with Crippen LogP contribution in [0.4, 0.5) is 11.4 Å². The van der Waals surface area contributed by atoms with Gasteiger partial charge in [0, 0.05) is 30.2 Å². The van der Waals surface area contributed by atoms with Gasteiger partial charge < -0.3 is 15.0 Å². The Morgan fingerprint density at radius 2 is 1.96 bits per heavy atom. The normalized spacial score (nSPS) is 14.0. The number of thioether (sulfide) groups is 1. The molecule has 0 radical (unpaired) electrons. The first-order valence-corrected chi connectivity index (χ1v) is 10.0. The summed E-state index contributed by atoms with van der Waals surface area (Å²) >= 11 is 1.95. The van der Waals surface area contributed by atoms with Gasteiger partial charge in [-0.1, -0.05) is 0 Å². The molecule has 144 valence electrons. The third kappa shape index (κ3) is 3.94. The summed E-state index contributed by atoms with van der Waals surface area (Å²) in [5.41, 5.74) is 2.08. The highest BCUT2D eigenvalue weighted by molar-refractivity contribution is 7.99. The van der Waals surface area contributed by atoms with E-state index < -0.39 is 0 Å². The first kappa shape index (κ1) is 18.3. The van der Waals surface area contributed by atoms with Crippen molar-refractivity contribution in [1.29, 1.82) is 0 Å². The third-order valence-corrected chi connectivity index (χ3v) is 5.38. The molecule has 28 heavy (non-hydrogen) atoms. The van der Waals surface area contributed by atoms with Crippen LogP contribution in [0.15, 0.2) is 49.2 Å². The number of nitrogens with zero attached hydrogens (tertiary/aromatic N) is 5. The molecule has 2 aromatic heterocycles. The van der Waals surface area contributed by atoms with Gasteiger partial charge in [0.05, 0.1) is 31.4 Å². The molecule has 1 aliphatic rings. The predicted octanol–water partition coefficient (Wildman–Crippen LogP) is 2.48. The number of carbonyl (C=O) groups excluding carboxylic acids is 1. The third-order valence-electron chi connectivity index (χ3n) is 4.43. The van der Waals surface area contributed by atoms with E-state index >= 15 is 0 Å². The molecule has 4 rings (SSSR count). The van der Waals surface area contributed by atoms with Crippen LogP contribution in [-0.2, 0) is 0 Å². The number of hydrogen-bond donors (Lipinski definition) is 1. The van der Waals surface area contributed by atoms with Crippen LogP contribution in [0.5, 0.6) is 5.75 Å². The van der Waals surface area contributed by atoms with Crippen molar-refractivity contribution in [3.05, 3.63) is 54.7 Å². The van der Waals surface area contributed by atoms with Crippen molar-refractivity contribution < 1.29 is 9.53 Å². The number of methoxy groups -OCH3 is 1. The average Bonchev–Trinajstić information content (AvgIpc) is 3.22. The molecule has 1 amide bonds. The smallest absolute Gasteiger partial charge is 0.255 e. The maximum absolute atomic E-state index is 12.4. The van der Waals surface area contributed by atoms with Crippen molar-refractivity contribution in [2.24, 2.45) is 0 Å². The van der Waals surface area contributed by atoms with E-state index in [4.69, 9.17) is 4.74 Å². The summed E-state index contributed by atoms with van der Waals surface area (Å²) in [6.45, 7) is 1.90. The highest BCUT2D eigenvalue weighted by atomic mass is 32.2. The molecule has 1 N–H and O–H groups in total. The molecular formula is C19H20N6O2S. The van der Waals surface area contributed by atoms with Crippen LogP contribution in [0, 0.1) is 0 Å². The second-order valence-corrected chi connectivity index (χ2v) is 7.41. The highest BCUT2D eigenvalue weighted by Gasteiger charge is 2.18. The summed E-state index contributed by atoms with van der Waals surface area (Å²) in [7, 11) is 1.59. The van der Waals surface area contributed by atoms with E-state index in [1.165, 1.54) is 6.33 Å². The van der Waals surface area contributed by atoms with Crippen LogP contribution in [0.1, 0.15) is 10.4 Å². The Hall–Kier alpha value is -3.07. The van der Waals surface area contributed by atoms with Gasteiger partial charge in [0.2, 0.25) is 0 Å². The van der Waals surface area contributed by atoms with Gasteiger partial charge >= 0.3 is 0 Å². The monoisotopic (exact) mass is 396 g/mol. The zero-order valence-corrected chi connectivity index (χ0v) is 16.2. The van der Waals surface area contributed by atoms with Crippen LogP contribution in [0.25, 0.3) is 5.82 Å². The Kier molecular flexibility index (Phi) is 5.43. The van der Waals surface area contributed by atoms with Gasteiger partial charge in [0.25, 0.3) is 5.91 Å². The molecule has 8 nitrogen and oxygen atoms in total. The summed E-state index contributed by atoms with van der Waals surface area (Å²) in [6.07, 6.45) is 6.69. The Bertz CT molecular complexity index is 953. The van der Waals surface area contributed by atoms with E-state index in [9.17, 15) is 4.79 Å². The lowest BCUT2D eigenvalue weighted by atomic mass is 10.2. The van der Waals surface area contributed by atoms with Gasteiger partial charge in [-0.3, -0.25) is 4.79 Å². The van der Waals surface area contributed by atoms with Gasteiger partial charge in [-0.2, -0.15) is 16.9 Å². The molecule has 0 bridgehead atoms. The zero-order chi connectivity index (χ0) is 19.3. The molecule has 1 aliphatic heterocycles. The number of ether oxygens (including phenoxy) is 1. The van der Waals surface area contributed by atoms with Crippen molar-refractivity contribution in [3.8, 4) is 11.6 Å². The molecule has 3 heterocycles. The Morgan fingerprint density at radius 3 is 2.71 bits per heavy atom. The van der Waals surface area contributed by atoms with Gasteiger partial charge in [0.1, 0.15) is 17.8 Å². The van der Waals surface area contributed by atoms with E-state index in [1.807, 2.05) is 18.0 Å². The van der Waals surface area contributed by atoms with Crippen molar-refractivity contribution in [2.75, 3.05) is 41.9 Å². The lowest BCUT2D eigenvalue weighted by Crippen LogP contribution is -2.33. The Balaban J connectivity index is 1.52. The van der Waals surface area contributed by atoms with Crippen molar-refractivity contribution >= 4 is 29.0 Å². The van der Waals surface area contributed by atoms with E-state index in [0.717, 1.165) is 30.3 Å². The summed E-state index contributed by atoms with van der Waals surface area (Å²) < 4.78 is 6.79. The van der Waals surface area contributed by atoms with Gasteiger partial charge in [-0.05, 0) is 24.3 Å². The number of nitrogens with one attached hydrogen (secondary N) is 1. The number of anilines is 2. The maximum Gasteiger partial charge on any atom is 0.255 e. The van der Waals surface area contributed by atoms with Gasteiger partial charge in [-0.25, -0.2) is 14.6 Å². The molecule has 3 aromatic rings. The summed E-state index contributed by atoms with van der Waals surface area (Å²) in [6, 6.07) is 6.94. The fourth-order valence-corrected chi connectivity index (χ4v) is 3.87. The van der Waals surface area contributed by atoms with E-state index in [2.05, 4.69) is 25.3 Å². The van der Waals surface area contributed by atoms with E-state index in [1.54, 1.807) is 48.5 Å². The summed E-state index contributed by atoms with van der Waals surface area (Å²) in [5, 5.41) is 7.24. The lowest BCUT2D eigenvalue weighted by Gasteiger charge is -2.29. The SMILES string of the molecule is COc1ccc(C(=O)Nc2cnn(-c3ncncc3N3CCSCC3)c2)cc1. The molecule has 1 fully saturated rings. The quantitative estimate of drug-likeness (QED) is 0.709. The van der Waals surface area contributed by atoms with Crippen LogP contribution >= 0.6 is 11.8 Å². The molecule has 9 heteroatoms. The Morgan fingerprint density at radius 1 is 1.18 bits per heavy atom. The van der Waals surface area contributed by atoms with Crippen molar-refractivity contribution in [2.45, 2.75) is 0 Å². The fourth-order valence-electron chi connectivity index (χ4n) is 2.97. The highest BCUT2D eigenvalue weighted by Crippen LogP contribution is 2.24. The van der Waals surface area contributed by atoms with Crippen LogP contribution in [0.2, 0.25) is 0 Å². The molecule has 0 atom stereocenters. The summed E-state index contributed by atoms with van der Waals surface area (Å²) in [4.78, 5) is 23.3. The number of benzene rings is 1. The first-order valence-electron chi connectivity index (χ1n) is 8.88. The molecule has 0 unspecified atom stereocenters. The minimum Gasteiger partial charge on any atom is -0.497 e. The van der Waals surface area contributed by atoms with E-state index in [0.29, 0.717) is 22.8 Å². The average molecular weight is 396 g/mol. The number of carbonyl (C=O) groups is 1. The van der Waals surface area contributed by atoms with E-state index in [-0.39, 0.29) is 5.91 Å². The largest absolute Gasteiger partial charge is 0.497 e. The topological polar surface area (TPSA) is 85.2 Å². The van der Waals surface area contributed by atoms with Gasteiger partial charge in [0.15, 0.2) is 5.82 Å². The second-order valence-electron chi connectivity index (χ2n) is 6.19. The number of hydrogen-bond acceptors (Lipinski definition) is 7. The van der Waals surface area contributed by atoms with Gasteiger partial charge in [-0.15, -0.1) is 0 Å². The molecule has 0 saturated carbocycles. The second kappa shape index (κ2) is 8.30. The summed E-state index contributed by atoms with van der Waals surface area (Å²) in [5.74, 6) is 3.36. The van der Waals surface area contributed by atoms with Crippen molar-refractivity contribution in [1.82, 2.24) is 19.7 Å². The van der Waals surface area contributed by atoms with Crippen LogP contribution in [-0.4, -0.2) is 57.4 Å². The molecule has 0 spiro atoms. The maximum atomic E-state index is 12.4. The first-order chi connectivity index (χ1) is 13.7. The predicted molar refractivity (Wildman–Crippen MR) is 110 cm³/mol. The number of amides is 1. The van der Waals surface area contributed by atoms with Crippen molar-refractivity contribution in [3.63, 3.8) is 0 Å². The lowest BCUT2D eigenvalue weighted by molar-refractivity contribution is 0.102. The molecular weight excluding hydrogens is 376 g/mol. The molecule has 1 aromatic carbocycles. The van der Waals surface area contributed by atoms with Crippen LogP contribution < -0.4 is 15.0 Å². The Labute approximate surface area is 166 Å². The number of rotatable bonds is 5. The number of aromatic nitrogens is 4. The molecule has 1 saturated heterocycles. The minimum absolute atomic E-state index is 0.210. The molecule has 0 aliphatic carbocycles. The fraction of sp³-hybridized carbons (Fsp3) is 0.263. The standard InChI is InChI=1S/C19H20N6O2S/c1-27-16-4-2-14(3-5-16)19(26)23-15-10-22-25(12-15)18-17(11-20-13-21-18)24-6-8-28-9-7-24/h2-5,10-13H,6-9H2,1H3,(H,23,26). The zero-order valence-electron chi connectivity index (χ0n) is 15.4.